The Balaban J connectivity index is 1.26. The lowest BCUT2D eigenvalue weighted by Gasteiger charge is -2.33. The van der Waals surface area contributed by atoms with Gasteiger partial charge in [0.25, 0.3) is 0 Å². The summed E-state index contributed by atoms with van der Waals surface area (Å²) in [6.07, 6.45) is -0.925. The molecule has 196 valence electrons. The first-order valence-electron chi connectivity index (χ1n) is 12.4. The molecule has 0 saturated carbocycles. The molecule has 3 aliphatic heterocycles. The van der Waals surface area contributed by atoms with E-state index in [2.05, 4.69) is 29.4 Å². The number of pyridine rings is 1. The van der Waals surface area contributed by atoms with E-state index in [1.54, 1.807) is 0 Å². The minimum Gasteiger partial charge on any atom is -0.402 e. The molecule has 0 aliphatic carbocycles. The van der Waals surface area contributed by atoms with E-state index < -0.39 is 6.36 Å². The monoisotopic (exact) mass is 534 g/mol. The number of halogens is 4. The maximum atomic E-state index is 12.9. The Labute approximate surface area is 217 Å². The van der Waals surface area contributed by atoms with Crippen LogP contribution in [0.2, 0.25) is 5.02 Å². The van der Waals surface area contributed by atoms with E-state index in [9.17, 15) is 13.2 Å². The molecule has 8 nitrogen and oxygen atoms in total. The van der Waals surface area contributed by atoms with Crippen molar-refractivity contribution in [3.8, 4) is 11.4 Å². The van der Waals surface area contributed by atoms with Crippen LogP contribution in [-0.2, 0) is 17.8 Å². The molecule has 0 radical (unpaired) electrons. The van der Waals surface area contributed by atoms with Gasteiger partial charge in [-0.15, -0.1) is 23.4 Å². The number of ether oxygens (including phenoxy) is 2. The molecule has 12 heteroatoms. The number of aromatic nitrogens is 4. The Morgan fingerprint density at radius 3 is 2.65 bits per heavy atom. The molecule has 2 fully saturated rings. The number of rotatable bonds is 4. The smallest absolute Gasteiger partial charge is 0.402 e. The molecular formula is C25H26ClF3N6O2. The Kier molecular flexibility index (Phi) is 6.46. The van der Waals surface area contributed by atoms with E-state index in [4.69, 9.17) is 16.3 Å². The summed E-state index contributed by atoms with van der Waals surface area (Å²) in [5.41, 5.74) is 2.13. The van der Waals surface area contributed by atoms with E-state index in [-0.39, 0.29) is 17.5 Å². The van der Waals surface area contributed by atoms with Crippen LogP contribution in [0, 0.1) is 0 Å². The van der Waals surface area contributed by atoms with Gasteiger partial charge in [-0.05, 0) is 55.2 Å². The molecule has 0 unspecified atom stereocenters. The number of anilines is 1. The van der Waals surface area contributed by atoms with Crippen LogP contribution in [0.4, 0.5) is 19.0 Å². The number of alkyl halides is 3. The molecule has 1 aromatic carbocycles. The van der Waals surface area contributed by atoms with Crippen molar-refractivity contribution in [1.82, 2.24) is 24.6 Å². The second kappa shape index (κ2) is 9.77. The molecule has 3 aromatic rings. The fourth-order valence-corrected chi connectivity index (χ4v) is 5.75. The average Bonchev–Trinajstić information content (AvgIpc) is 3.51. The lowest BCUT2D eigenvalue weighted by atomic mass is 9.95. The van der Waals surface area contributed by atoms with Gasteiger partial charge in [-0.25, -0.2) is 4.98 Å². The second-order valence-electron chi connectivity index (χ2n) is 9.64. The third-order valence-corrected chi connectivity index (χ3v) is 7.55. The topological polar surface area (TPSA) is 68.5 Å². The maximum Gasteiger partial charge on any atom is 0.573 e. The minimum atomic E-state index is -4.77. The van der Waals surface area contributed by atoms with Crippen LogP contribution in [0.25, 0.3) is 5.69 Å². The molecule has 0 amide bonds. The van der Waals surface area contributed by atoms with Gasteiger partial charge in [-0.2, -0.15) is 0 Å². The lowest BCUT2D eigenvalue weighted by Crippen LogP contribution is -2.35. The van der Waals surface area contributed by atoms with E-state index >= 15 is 0 Å². The molecule has 0 spiro atoms. The highest BCUT2D eigenvalue weighted by Crippen LogP contribution is 2.37. The largest absolute Gasteiger partial charge is 0.573 e. The van der Waals surface area contributed by atoms with Crippen molar-refractivity contribution in [2.24, 2.45) is 0 Å². The van der Waals surface area contributed by atoms with Gasteiger partial charge in [-0.3, -0.25) is 9.47 Å². The van der Waals surface area contributed by atoms with Gasteiger partial charge in [0.05, 0.1) is 18.8 Å². The Hall–Kier alpha value is -2.89. The molecule has 37 heavy (non-hydrogen) atoms. The predicted molar refractivity (Wildman–Crippen MR) is 130 cm³/mol. The van der Waals surface area contributed by atoms with Crippen LogP contribution < -0.4 is 9.64 Å². The van der Waals surface area contributed by atoms with Gasteiger partial charge in [0.1, 0.15) is 5.82 Å². The Bertz CT molecular complexity index is 1270. The maximum absolute atomic E-state index is 12.9. The Morgan fingerprint density at radius 2 is 1.89 bits per heavy atom. The van der Waals surface area contributed by atoms with E-state index in [1.165, 1.54) is 18.3 Å². The van der Waals surface area contributed by atoms with E-state index in [0.29, 0.717) is 50.1 Å². The van der Waals surface area contributed by atoms with Gasteiger partial charge in [0, 0.05) is 49.4 Å². The molecule has 2 aromatic heterocycles. The van der Waals surface area contributed by atoms with Crippen LogP contribution in [0.3, 0.4) is 0 Å². The van der Waals surface area contributed by atoms with Gasteiger partial charge in [-0.1, -0.05) is 11.6 Å². The minimum absolute atomic E-state index is 0.0955. The number of benzene rings is 1. The molecule has 6 rings (SSSR count). The lowest BCUT2D eigenvalue weighted by molar-refractivity contribution is -0.274. The normalized spacial score (nSPS) is 21.0. The summed E-state index contributed by atoms with van der Waals surface area (Å²) < 4.78 is 50.7. The molecule has 0 N–H and O–H groups in total. The second-order valence-corrected chi connectivity index (χ2v) is 10.1. The summed E-state index contributed by atoms with van der Waals surface area (Å²) >= 11 is 6.38. The van der Waals surface area contributed by atoms with Crippen molar-refractivity contribution < 1.29 is 22.6 Å². The van der Waals surface area contributed by atoms with Gasteiger partial charge >= 0.3 is 6.36 Å². The van der Waals surface area contributed by atoms with Crippen LogP contribution in [-0.4, -0.2) is 63.4 Å². The fourth-order valence-electron chi connectivity index (χ4n) is 5.56. The zero-order valence-electron chi connectivity index (χ0n) is 20.0. The predicted octanol–water partition coefficient (Wildman–Crippen LogP) is 4.70. The first kappa shape index (κ1) is 24.4. The van der Waals surface area contributed by atoms with Crippen LogP contribution >= 0.6 is 11.6 Å². The highest BCUT2D eigenvalue weighted by molar-refractivity contribution is 6.30. The first-order chi connectivity index (χ1) is 17.9. The summed E-state index contributed by atoms with van der Waals surface area (Å²) in [6.45, 7) is 3.90. The Morgan fingerprint density at radius 1 is 1.05 bits per heavy atom. The van der Waals surface area contributed by atoms with Gasteiger partial charge in [0.15, 0.2) is 17.4 Å². The summed E-state index contributed by atoms with van der Waals surface area (Å²) in [5, 5.41) is 9.90. The molecule has 1 atom stereocenters. The standard InChI is InChI=1S/C25H26ClF3N6O2/c26-18-3-4-20-17(12-18)13-34(19-7-11-36-15-19)14-22-31-32-23(35(20)22)16-5-9-33(10-6-16)24-21(2-1-8-30-24)37-25(27,28)29/h1-4,8,12,16,19H,5-7,9-11,13-15H2/t19-/m1/s1. The van der Waals surface area contributed by atoms with Crippen molar-refractivity contribution in [3.05, 3.63) is 58.8 Å². The fraction of sp³-hybridized carbons (Fsp3) is 0.480. The number of piperidine rings is 1. The van der Waals surface area contributed by atoms with E-state index in [1.807, 2.05) is 23.1 Å². The van der Waals surface area contributed by atoms with Crippen molar-refractivity contribution in [2.75, 3.05) is 31.2 Å². The van der Waals surface area contributed by atoms with Crippen LogP contribution in [0.15, 0.2) is 36.5 Å². The first-order valence-corrected chi connectivity index (χ1v) is 12.7. The number of fused-ring (bicyclic) bond motifs is 3. The summed E-state index contributed by atoms with van der Waals surface area (Å²) in [5.74, 6) is 1.75. The summed E-state index contributed by atoms with van der Waals surface area (Å²) in [7, 11) is 0. The number of hydrogen-bond donors (Lipinski definition) is 0. The zero-order valence-corrected chi connectivity index (χ0v) is 20.8. The molecule has 2 saturated heterocycles. The van der Waals surface area contributed by atoms with Crippen molar-refractivity contribution in [1.29, 1.82) is 0 Å². The quantitative estimate of drug-likeness (QED) is 0.480. The highest BCUT2D eigenvalue weighted by Gasteiger charge is 2.35. The van der Waals surface area contributed by atoms with Crippen molar-refractivity contribution in [3.63, 3.8) is 0 Å². The third-order valence-electron chi connectivity index (χ3n) is 7.31. The zero-order chi connectivity index (χ0) is 25.6. The SMILES string of the molecule is FC(F)(F)Oc1cccnc1N1CCC(c2nnc3n2-c2ccc(Cl)cc2CN([C@@H]2CCOC2)C3)CC1. The molecule has 0 bridgehead atoms. The average molecular weight is 535 g/mol. The van der Waals surface area contributed by atoms with Gasteiger partial charge < -0.3 is 14.4 Å². The van der Waals surface area contributed by atoms with Crippen molar-refractivity contribution in [2.45, 2.75) is 50.7 Å². The summed E-state index contributed by atoms with van der Waals surface area (Å²) in [4.78, 5) is 8.40. The van der Waals surface area contributed by atoms with Gasteiger partial charge in [0.2, 0.25) is 0 Å². The highest BCUT2D eigenvalue weighted by atomic mass is 35.5. The molecular weight excluding hydrogens is 509 g/mol. The third kappa shape index (κ3) is 4.99. The van der Waals surface area contributed by atoms with Crippen LogP contribution in [0.5, 0.6) is 5.75 Å². The van der Waals surface area contributed by atoms with E-state index in [0.717, 1.165) is 42.5 Å². The summed E-state index contributed by atoms with van der Waals surface area (Å²) in [6, 6.07) is 8.95. The number of nitrogens with zero attached hydrogens (tertiary/aromatic N) is 6. The molecule has 5 heterocycles. The van der Waals surface area contributed by atoms with Crippen molar-refractivity contribution >= 4 is 17.4 Å². The molecule has 3 aliphatic rings. The van der Waals surface area contributed by atoms with Crippen LogP contribution in [0.1, 0.15) is 42.4 Å². The number of hydrogen-bond acceptors (Lipinski definition) is 7.